The van der Waals surface area contributed by atoms with Crippen LogP contribution >= 0.6 is 0 Å². The summed E-state index contributed by atoms with van der Waals surface area (Å²) in [5, 5.41) is 0. The largest absolute Gasteiger partial charge is 0.500 e. The maximum atomic E-state index is 5.58. The van der Waals surface area contributed by atoms with Gasteiger partial charge in [0.25, 0.3) is 0 Å². The lowest BCUT2D eigenvalue weighted by atomic mass is 10.3. The third kappa shape index (κ3) is 6.96. The highest BCUT2D eigenvalue weighted by atomic mass is 28.4. The minimum absolute atomic E-state index is 0.869. The van der Waals surface area contributed by atoms with E-state index in [1.54, 1.807) is 21.3 Å². The molecule has 4 nitrogen and oxygen atoms in total. The van der Waals surface area contributed by atoms with Gasteiger partial charge in [0, 0.05) is 27.4 Å². The lowest BCUT2D eigenvalue weighted by Gasteiger charge is -2.23. The smallest absolute Gasteiger partial charge is 0.457 e. The zero-order valence-electron chi connectivity index (χ0n) is 14.3. The molecule has 23 heavy (non-hydrogen) atoms. The zero-order chi connectivity index (χ0) is 17.0. The van der Waals surface area contributed by atoms with E-state index >= 15 is 0 Å². The first-order valence-electron chi connectivity index (χ1n) is 7.63. The molecule has 0 unspecified atom stereocenters. The molecule has 0 saturated heterocycles. The molecule has 126 valence electrons. The number of para-hydroxylation sites is 2. The first kappa shape index (κ1) is 19.4. The van der Waals surface area contributed by atoms with E-state index < -0.39 is 8.80 Å². The maximum Gasteiger partial charge on any atom is 0.500 e. The van der Waals surface area contributed by atoms with Crippen LogP contribution in [0.3, 0.4) is 0 Å². The predicted molar refractivity (Wildman–Crippen MR) is 94.8 cm³/mol. The second-order valence-electron chi connectivity index (χ2n) is 4.77. The van der Waals surface area contributed by atoms with E-state index in [4.69, 9.17) is 18.0 Å². The summed E-state index contributed by atoms with van der Waals surface area (Å²) in [5.74, 6) is 1.74. The molecule has 0 aliphatic rings. The normalized spacial score (nSPS) is 10.6. The van der Waals surface area contributed by atoms with Crippen LogP contribution in [0.5, 0.6) is 11.5 Å². The van der Waals surface area contributed by atoms with Crippen LogP contribution in [0.15, 0.2) is 60.7 Å². The monoisotopic (exact) mass is 334 g/mol. The fourth-order valence-electron chi connectivity index (χ4n) is 1.98. The molecule has 2 aromatic carbocycles. The van der Waals surface area contributed by atoms with Crippen molar-refractivity contribution in [2.75, 3.05) is 21.3 Å². The van der Waals surface area contributed by atoms with Crippen LogP contribution < -0.4 is 4.74 Å². The number of hydrogen-bond donors (Lipinski definition) is 0. The summed E-state index contributed by atoms with van der Waals surface area (Å²) in [7, 11) is 2.68. The van der Waals surface area contributed by atoms with Crippen LogP contribution in [0.1, 0.15) is 13.3 Å². The highest BCUT2D eigenvalue weighted by molar-refractivity contribution is 6.60. The van der Waals surface area contributed by atoms with Crippen LogP contribution in [-0.4, -0.2) is 30.1 Å². The van der Waals surface area contributed by atoms with E-state index in [1.165, 1.54) is 0 Å². The molecule has 0 heterocycles. The SMILES string of the molecule is CCC[Si](OC)(OC)OC.c1ccc(Oc2ccccc2)cc1. The Morgan fingerprint density at radius 1 is 0.696 bits per heavy atom. The average molecular weight is 334 g/mol. The molecular formula is C18H26O4Si. The van der Waals surface area contributed by atoms with Gasteiger partial charge in [-0.05, 0) is 24.3 Å². The van der Waals surface area contributed by atoms with E-state index in [1.807, 2.05) is 60.7 Å². The number of hydrogen-bond acceptors (Lipinski definition) is 4. The molecule has 0 amide bonds. The summed E-state index contributed by atoms with van der Waals surface area (Å²) < 4.78 is 21.1. The molecule has 0 aliphatic heterocycles. The molecular weight excluding hydrogens is 308 g/mol. The number of benzene rings is 2. The molecule has 2 rings (SSSR count). The lowest BCUT2D eigenvalue weighted by molar-refractivity contribution is 0.123. The van der Waals surface area contributed by atoms with E-state index in [0.29, 0.717) is 0 Å². The minimum Gasteiger partial charge on any atom is -0.457 e. The van der Waals surface area contributed by atoms with Crippen molar-refractivity contribution >= 4 is 8.80 Å². The summed E-state index contributed by atoms with van der Waals surface area (Å²) in [4.78, 5) is 0. The predicted octanol–water partition coefficient (Wildman–Crippen LogP) is 4.75. The summed E-state index contributed by atoms with van der Waals surface area (Å²) >= 11 is 0. The molecule has 0 bridgehead atoms. The Hall–Kier alpha value is -1.66. The van der Waals surface area contributed by atoms with E-state index in [0.717, 1.165) is 24.0 Å². The molecule has 0 N–H and O–H groups in total. The Balaban J connectivity index is 0.000000241. The van der Waals surface area contributed by atoms with Gasteiger partial charge in [-0.3, -0.25) is 0 Å². The van der Waals surface area contributed by atoms with Gasteiger partial charge >= 0.3 is 8.80 Å². The maximum absolute atomic E-state index is 5.58. The second-order valence-corrected chi connectivity index (χ2v) is 7.86. The Morgan fingerprint density at radius 2 is 1.09 bits per heavy atom. The summed E-state index contributed by atoms with van der Waals surface area (Å²) in [6.45, 7) is 2.08. The summed E-state index contributed by atoms with van der Waals surface area (Å²) in [6.07, 6.45) is 1.03. The van der Waals surface area contributed by atoms with Gasteiger partial charge in [-0.25, -0.2) is 0 Å². The second kappa shape index (κ2) is 11.0. The Morgan fingerprint density at radius 3 is 1.35 bits per heavy atom. The van der Waals surface area contributed by atoms with Gasteiger partial charge in [0.05, 0.1) is 0 Å². The van der Waals surface area contributed by atoms with Crippen LogP contribution in [-0.2, 0) is 13.3 Å². The average Bonchev–Trinajstić information content (AvgIpc) is 2.62. The van der Waals surface area contributed by atoms with Crippen molar-refractivity contribution in [1.82, 2.24) is 0 Å². The van der Waals surface area contributed by atoms with E-state index in [9.17, 15) is 0 Å². The minimum atomic E-state index is -2.22. The van der Waals surface area contributed by atoms with Gasteiger partial charge in [0.2, 0.25) is 0 Å². The van der Waals surface area contributed by atoms with E-state index in [2.05, 4.69) is 6.92 Å². The summed E-state index contributed by atoms with van der Waals surface area (Å²) in [5.41, 5.74) is 0. The fourth-order valence-corrected chi connectivity index (χ4v) is 3.70. The van der Waals surface area contributed by atoms with Crippen molar-refractivity contribution in [2.45, 2.75) is 19.4 Å². The molecule has 5 heteroatoms. The number of rotatable bonds is 7. The molecule has 0 spiro atoms. The van der Waals surface area contributed by atoms with Gasteiger partial charge in [-0.1, -0.05) is 49.7 Å². The van der Waals surface area contributed by atoms with Crippen LogP contribution in [0.2, 0.25) is 6.04 Å². The van der Waals surface area contributed by atoms with Gasteiger partial charge in [0.1, 0.15) is 11.5 Å². The highest BCUT2D eigenvalue weighted by Gasteiger charge is 2.36. The van der Waals surface area contributed by atoms with Gasteiger partial charge in [0.15, 0.2) is 0 Å². The Labute approximate surface area is 140 Å². The summed E-state index contributed by atoms with van der Waals surface area (Å²) in [6, 6.07) is 20.4. The standard InChI is InChI=1S/C12H10O.C6H16O3Si/c1-3-7-11(8-4-1)13-12-9-5-2-6-10-12;1-5-6-10(7-2,8-3)9-4/h1-10H;5-6H2,1-4H3. The van der Waals surface area contributed by atoms with Crippen LogP contribution in [0.4, 0.5) is 0 Å². The van der Waals surface area contributed by atoms with Gasteiger partial charge < -0.3 is 18.0 Å². The third-order valence-corrected chi connectivity index (χ3v) is 6.19. The molecule has 0 fully saturated rings. The molecule has 0 saturated carbocycles. The van der Waals surface area contributed by atoms with Crippen molar-refractivity contribution < 1.29 is 18.0 Å². The van der Waals surface area contributed by atoms with Crippen molar-refractivity contribution in [3.05, 3.63) is 60.7 Å². The quantitative estimate of drug-likeness (QED) is 0.685. The van der Waals surface area contributed by atoms with Crippen molar-refractivity contribution in [3.63, 3.8) is 0 Å². The molecule has 0 aliphatic carbocycles. The highest BCUT2D eigenvalue weighted by Crippen LogP contribution is 2.19. The molecule has 0 radical (unpaired) electrons. The molecule has 0 aromatic heterocycles. The fraction of sp³-hybridized carbons (Fsp3) is 0.333. The zero-order valence-corrected chi connectivity index (χ0v) is 15.3. The van der Waals surface area contributed by atoms with E-state index in [-0.39, 0.29) is 0 Å². The third-order valence-electron chi connectivity index (χ3n) is 3.21. The van der Waals surface area contributed by atoms with Gasteiger partial charge in [-0.15, -0.1) is 0 Å². The molecule has 2 aromatic rings. The van der Waals surface area contributed by atoms with Crippen molar-refractivity contribution in [2.24, 2.45) is 0 Å². The Bertz CT molecular complexity index is 469. The molecule has 0 atom stereocenters. The Kier molecular flexibility index (Phi) is 9.24. The number of ether oxygens (including phenoxy) is 1. The van der Waals surface area contributed by atoms with Crippen molar-refractivity contribution in [3.8, 4) is 11.5 Å². The first-order valence-corrected chi connectivity index (χ1v) is 9.56. The first-order chi connectivity index (χ1) is 11.2. The van der Waals surface area contributed by atoms with Crippen molar-refractivity contribution in [1.29, 1.82) is 0 Å². The van der Waals surface area contributed by atoms with Crippen LogP contribution in [0, 0.1) is 0 Å². The van der Waals surface area contributed by atoms with Crippen LogP contribution in [0.25, 0.3) is 0 Å². The topological polar surface area (TPSA) is 36.9 Å². The van der Waals surface area contributed by atoms with Gasteiger partial charge in [-0.2, -0.15) is 0 Å². The lowest BCUT2D eigenvalue weighted by Crippen LogP contribution is -2.42.